The molecule has 2 heterocycles. The molecule has 0 N–H and O–H groups in total. The van der Waals surface area contributed by atoms with E-state index in [2.05, 4.69) is 35.1 Å². The van der Waals surface area contributed by atoms with Gasteiger partial charge in [0.05, 0.1) is 22.8 Å². The summed E-state index contributed by atoms with van der Waals surface area (Å²) >= 11 is 1.52. The fraction of sp³-hybridized carbons (Fsp3) is 0.417. The van der Waals surface area contributed by atoms with Crippen molar-refractivity contribution in [2.75, 3.05) is 38.1 Å². The Morgan fingerprint density at radius 2 is 1.81 bits per heavy atom. The first kappa shape index (κ1) is 22.6. The highest BCUT2D eigenvalue weighted by atomic mass is 32.2. The third-order valence-corrected chi connectivity index (χ3v) is 6.68. The molecule has 0 unspecified atom stereocenters. The minimum atomic E-state index is 0.505. The van der Waals surface area contributed by atoms with Gasteiger partial charge in [-0.15, -0.1) is 11.8 Å². The lowest BCUT2D eigenvalue weighted by Gasteiger charge is -2.25. The lowest BCUT2D eigenvalue weighted by atomic mass is 10.0. The quantitative estimate of drug-likeness (QED) is 0.662. The van der Waals surface area contributed by atoms with Gasteiger partial charge in [-0.3, -0.25) is 0 Å². The average Bonchev–Trinajstić information content (AvgIpc) is 3.00. The van der Waals surface area contributed by atoms with E-state index in [1.807, 2.05) is 32.0 Å². The van der Waals surface area contributed by atoms with Gasteiger partial charge < -0.3 is 9.80 Å². The van der Waals surface area contributed by atoms with Gasteiger partial charge in [-0.2, -0.15) is 15.8 Å². The largest absolute Gasteiger partial charge is 0.354 e. The molecule has 0 radical (unpaired) electrons. The number of anilines is 1. The van der Waals surface area contributed by atoms with E-state index in [1.165, 1.54) is 11.8 Å². The second-order valence-electron chi connectivity index (χ2n) is 7.74. The summed E-state index contributed by atoms with van der Waals surface area (Å²) in [5, 5.41) is 29.6. The summed E-state index contributed by atoms with van der Waals surface area (Å²) in [6.07, 6.45) is 1.62. The van der Waals surface area contributed by atoms with Crippen molar-refractivity contribution in [3.05, 3.63) is 51.6 Å². The Hall–Kier alpha value is -3.05. The Bertz CT molecular complexity index is 1090. The first-order valence-electron chi connectivity index (χ1n) is 10.4. The second kappa shape index (κ2) is 10.3. The summed E-state index contributed by atoms with van der Waals surface area (Å²) in [6.45, 7) is 7.51. The van der Waals surface area contributed by atoms with Crippen LogP contribution in [0.15, 0.2) is 23.2 Å². The smallest absolute Gasteiger partial charge is 0.148 e. The van der Waals surface area contributed by atoms with Gasteiger partial charge in [0.2, 0.25) is 0 Å². The van der Waals surface area contributed by atoms with Crippen LogP contribution in [0.2, 0.25) is 0 Å². The summed E-state index contributed by atoms with van der Waals surface area (Å²) in [7, 11) is 2.11. The van der Waals surface area contributed by atoms with Gasteiger partial charge in [-0.05, 0) is 56.1 Å². The van der Waals surface area contributed by atoms with E-state index in [-0.39, 0.29) is 0 Å². The number of nitriles is 3. The molecule has 1 aliphatic rings. The number of aromatic nitrogens is 1. The van der Waals surface area contributed by atoms with Crippen LogP contribution in [0.1, 0.15) is 46.7 Å². The molecule has 1 aliphatic heterocycles. The van der Waals surface area contributed by atoms with Gasteiger partial charge in [-0.1, -0.05) is 19.1 Å². The zero-order valence-corrected chi connectivity index (χ0v) is 19.1. The normalized spacial score (nSPS) is 14.4. The van der Waals surface area contributed by atoms with Gasteiger partial charge >= 0.3 is 0 Å². The SMILES string of the molecule is CCc1c(C#N)c(SCc2ccc(C#N)c(C)c2)nc(N2CCCN(C)CC2)c1C#N. The molecule has 0 atom stereocenters. The lowest BCUT2D eigenvalue weighted by Crippen LogP contribution is -2.30. The van der Waals surface area contributed by atoms with Crippen molar-refractivity contribution in [1.82, 2.24) is 9.88 Å². The van der Waals surface area contributed by atoms with Crippen LogP contribution in [-0.4, -0.2) is 43.1 Å². The van der Waals surface area contributed by atoms with Gasteiger partial charge in [0.15, 0.2) is 0 Å². The molecule has 7 heteroatoms. The Kier molecular flexibility index (Phi) is 7.53. The molecular weight excluding hydrogens is 404 g/mol. The summed E-state index contributed by atoms with van der Waals surface area (Å²) in [4.78, 5) is 9.34. The number of thioether (sulfide) groups is 1. The van der Waals surface area contributed by atoms with E-state index >= 15 is 0 Å². The van der Waals surface area contributed by atoms with E-state index in [1.54, 1.807) is 0 Å². The second-order valence-corrected chi connectivity index (χ2v) is 8.70. The molecule has 0 saturated carbocycles. The number of aryl methyl sites for hydroxylation is 1. The number of benzene rings is 1. The van der Waals surface area contributed by atoms with Crippen molar-refractivity contribution >= 4 is 17.6 Å². The first-order valence-corrected chi connectivity index (χ1v) is 11.4. The van der Waals surface area contributed by atoms with Crippen molar-refractivity contribution in [2.45, 2.75) is 37.5 Å². The molecule has 1 fully saturated rings. The highest BCUT2D eigenvalue weighted by Gasteiger charge is 2.24. The third-order valence-electron chi connectivity index (χ3n) is 5.63. The molecule has 1 aromatic heterocycles. The minimum Gasteiger partial charge on any atom is -0.354 e. The average molecular weight is 431 g/mol. The number of likely N-dealkylation sites (N-methyl/N-ethyl adjacent to an activating group) is 1. The Balaban J connectivity index is 1.99. The highest BCUT2D eigenvalue weighted by Crippen LogP contribution is 2.34. The fourth-order valence-corrected chi connectivity index (χ4v) is 4.81. The molecule has 2 aromatic rings. The van der Waals surface area contributed by atoms with E-state index in [4.69, 9.17) is 10.2 Å². The minimum absolute atomic E-state index is 0.505. The predicted molar refractivity (Wildman–Crippen MR) is 123 cm³/mol. The molecule has 6 nitrogen and oxygen atoms in total. The monoisotopic (exact) mass is 430 g/mol. The number of pyridine rings is 1. The van der Waals surface area contributed by atoms with Crippen LogP contribution >= 0.6 is 11.8 Å². The molecular formula is C24H26N6S. The van der Waals surface area contributed by atoms with Gasteiger partial charge in [-0.25, -0.2) is 4.98 Å². The summed E-state index contributed by atoms with van der Waals surface area (Å²) < 4.78 is 0. The Morgan fingerprint density at radius 1 is 1.03 bits per heavy atom. The van der Waals surface area contributed by atoms with Gasteiger partial charge in [0, 0.05) is 25.4 Å². The molecule has 1 aromatic carbocycles. The van der Waals surface area contributed by atoms with Gasteiger partial charge in [0.1, 0.15) is 23.0 Å². The van der Waals surface area contributed by atoms with Crippen molar-refractivity contribution in [3.8, 4) is 18.2 Å². The topological polar surface area (TPSA) is 90.7 Å². The van der Waals surface area contributed by atoms with Crippen LogP contribution in [0.3, 0.4) is 0 Å². The maximum atomic E-state index is 9.91. The van der Waals surface area contributed by atoms with Crippen LogP contribution in [-0.2, 0) is 12.2 Å². The molecule has 158 valence electrons. The predicted octanol–water partition coefficient (Wildman–Crippen LogP) is 4.00. The third kappa shape index (κ3) is 5.00. The van der Waals surface area contributed by atoms with Crippen LogP contribution in [0, 0.1) is 40.9 Å². The van der Waals surface area contributed by atoms with Crippen molar-refractivity contribution in [2.24, 2.45) is 0 Å². The van der Waals surface area contributed by atoms with Crippen molar-refractivity contribution < 1.29 is 0 Å². The highest BCUT2D eigenvalue weighted by molar-refractivity contribution is 7.98. The Labute approximate surface area is 188 Å². The fourth-order valence-electron chi connectivity index (χ4n) is 3.87. The lowest BCUT2D eigenvalue weighted by molar-refractivity contribution is 0.360. The van der Waals surface area contributed by atoms with E-state index in [9.17, 15) is 10.5 Å². The molecule has 0 spiro atoms. The molecule has 0 bridgehead atoms. The first-order chi connectivity index (χ1) is 15.0. The van der Waals surface area contributed by atoms with Crippen LogP contribution in [0.5, 0.6) is 0 Å². The molecule has 0 amide bonds. The van der Waals surface area contributed by atoms with E-state index < -0.39 is 0 Å². The molecule has 1 saturated heterocycles. The van der Waals surface area contributed by atoms with Gasteiger partial charge in [0.25, 0.3) is 0 Å². The van der Waals surface area contributed by atoms with E-state index in [0.717, 1.165) is 49.3 Å². The number of nitrogens with zero attached hydrogens (tertiary/aromatic N) is 6. The molecule has 0 aliphatic carbocycles. The number of hydrogen-bond donors (Lipinski definition) is 0. The maximum Gasteiger partial charge on any atom is 0.148 e. The standard InChI is InChI=1S/C24H26N6S/c1-4-20-21(14-26)23(30-9-5-8-29(3)10-11-30)28-24(22(20)15-27)31-16-18-6-7-19(13-25)17(2)12-18/h6-7,12H,4-5,8-11,16H2,1-3H3. The van der Waals surface area contributed by atoms with Crippen molar-refractivity contribution in [3.63, 3.8) is 0 Å². The van der Waals surface area contributed by atoms with Crippen LogP contribution in [0.4, 0.5) is 5.82 Å². The zero-order chi connectivity index (χ0) is 22.4. The number of rotatable bonds is 5. The van der Waals surface area contributed by atoms with Crippen LogP contribution in [0.25, 0.3) is 0 Å². The summed E-state index contributed by atoms with van der Waals surface area (Å²) in [5.41, 5.74) is 4.51. The van der Waals surface area contributed by atoms with Crippen molar-refractivity contribution in [1.29, 1.82) is 15.8 Å². The summed E-state index contributed by atoms with van der Waals surface area (Å²) in [5.74, 6) is 1.35. The number of hydrogen-bond acceptors (Lipinski definition) is 7. The Morgan fingerprint density at radius 3 is 2.45 bits per heavy atom. The molecule has 3 rings (SSSR count). The zero-order valence-electron chi connectivity index (χ0n) is 18.3. The van der Waals surface area contributed by atoms with Crippen LogP contribution < -0.4 is 4.90 Å². The molecule has 31 heavy (non-hydrogen) atoms. The maximum absolute atomic E-state index is 9.91. The summed E-state index contributed by atoms with van der Waals surface area (Å²) in [6, 6.07) is 12.6. The van der Waals surface area contributed by atoms with E-state index in [0.29, 0.717) is 39.7 Å².